The first-order valence-corrected chi connectivity index (χ1v) is 12.3. The molecule has 2 aromatic carbocycles. The number of benzene rings is 2. The van der Waals surface area contributed by atoms with Gasteiger partial charge in [0, 0.05) is 24.8 Å². The Morgan fingerprint density at radius 1 is 1.09 bits per heavy atom. The molecule has 5 rings (SSSR count). The van der Waals surface area contributed by atoms with E-state index < -0.39 is 0 Å². The van der Waals surface area contributed by atoms with Crippen LogP contribution in [0.15, 0.2) is 78.2 Å². The lowest BCUT2D eigenvalue weighted by Crippen LogP contribution is -2.26. The van der Waals surface area contributed by atoms with Crippen molar-refractivity contribution in [3.05, 3.63) is 90.0 Å². The Labute approximate surface area is 202 Å². The van der Waals surface area contributed by atoms with Gasteiger partial charge in [0.1, 0.15) is 0 Å². The van der Waals surface area contributed by atoms with Crippen LogP contribution >= 0.6 is 11.8 Å². The summed E-state index contributed by atoms with van der Waals surface area (Å²) in [7, 11) is 0. The number of nitrogens with one attached hydrogen (secondary N) is 1. The number of para-hydroxylation sites is 1. The maximum Gasteiger partial charge on any atom is 0.253 e. The molecule has 0 saturated carbocycles. The van der Waals surface area contributed by atoms with Crippen LogP contribution in [0.25, 0.3) is 5.69 Å². The van der Waals surface area contributed by atoms with Crippen LogP contribution in [-0.2, 0) is 17.8 Å². The number of amides is 1. The van der Waals surface area contributed by atoms with Gasteiger partial charge in [-0.3, -0.25) is 4.79 Å². The van der Waals surface area contributed by atoms with Gasteiger partial charge in [-0.2, -0.15) is 5.10 Å². The zero-order chi connectivity index (χ0) is 23.2. The molecule has 9 heteroatoms. The molecule has 2 aromatic heterocycles. The molecule has 8 nitrogen and oxygen atoms in total. The lowest BCUT2D eigenvalue weighted by atomic mass is 10.1. The van der Waals surface area contributed by atoms with Gasteiger partial charge in [0.05, 0.1) is 30.4 Å². The Balaban J connectivity index is 1.33. The average Bonchev–Trinajstić information content (AvgIpc) is 3.65. The van der Waals surface area contributed by atoms with Crippen molar-refractivity contribution in [2.45, 2.75) is 37.2 Å². The molecule has 1 aliphatic rings. The summed E-state index contributed by atoms with van der Waals surface area (Å²) in [4.78, 5) is 13.1. The topological polar surface area (TPSA) is 86.9 Å². The highest BCUT2D eigenvalue weighted by molar-refractivity contribution is 7.99. The number of nitrogens with zero attached hydrogens (tertiary/aromatic N) is 5. The zero-order valence-electron chi connectivity index (χ0n) is 18.7. The van der Waals surface area contributed by atoms with Crippen LogP contribution < -0.4 is 5.32 Å². The largest absolute Gasteiger partial charge is 0.377 e. The Morgan fingerprint density at radius 3 is 2.74 bits per heavy atom. The Hall–Kier alpha value is -3.43. The number of carbonyl (C=O) groups is 1. The van der Waals surface area contributed by atoms with Crippen LogP contribution in [0.3, 0.4) is 0 Å². The number of hydrogen-bond donors (Lipinski definition) is 1. The van der Waals surface area contributed by atoms with Crippen molar-refractivity contribution >= 4 is 17.7 Å². The second-order valence-corrected chi connectivity index (χ2v) is 9.05. The van der Waals surface area contributed by atoms with Crippen LogP contribution in [0.4, 0.5) is 0 Å². The fourth-order valence-corrected chi connectivity index (χ4v) is 4.98. The predicted octanol–water partition coefficient (Wildman–Crippen LogP) is 3.71. The molecule has 0 radical (unpaired) electrons. The van der Waals surface area contributed by atoms with E-state index in [4.69, 9.17) is 4.74 Å². The van der Waals surface area contributed by atoms with E-state index in [0.29, 0.717) is 17.9 Å². The van der Waals surface area contributed by atoms with Gasteiger partial charge in [-0.15, -0.1) is 10.2 Å². The van der Waals surface area contributed by atoms with Crippen molar-refractivity contribution < 1.29 is 9.53 Å². The summed E-state index contributed by atoms with van der Waals surface area (Å²) in [5.41, 5.74) is 2.43. The van der Waals surface area contributed by atoms with Gasteiger partial charge >= 0.3 is 0 Å². The smallest absolute Gasteiger partial charge is 0.253 e. The van der Waals surface area contributed by atoms with Gasteiger partial charge in [0.15, 0.2) is 11.0 Å². The summed E-state index contributed by atoms with van der Waals surface area (Å²) in [5.74, 6) is 1.37. The third-order valence-electron chi connectivity index (χ3n) is 5.71. The molecule has 3 heterocycles. The van der Waals surface area contributed by atoms with Gasteiger partial charge in [-0.05, 0) is 36.6 Å². The summed E-state index contributed by atoms with van der Waals surface area (Å²) in [5, 5.41) is 17.0. The van der Waals surface area contributed by atoms with E-state index in [-0.39, 0.29) is 18.6 Å². The van der Waals surface area contributed by atoms with Crippen LogP contribution in [-0.4, -0.2) is 48.9 Å². The van der Waals surface area contributed by atoms with Gasteiger partial charge in [0.25, 0.3) is 5.91 Å². The number of rotatable bonds is 9. The van der Waals surface area contributed by atoms with E-state index in [1.165, 1.54) is 0 Å². The standard InChI is InChI=1S/C25H26N6O2S/c32-24(21-11-4-5-12-22(21)31-14-7-13-27-31)26-16-23-28-29-25(34-18-20-10-6-15-33-20)30(23)17-19-8-2-1-3-9-19/h1-5,7-9,11-14,20H,6,10,15-18H2,(H,26,32)/t20-/m0/s1. The molecule has 1 N–H and O–H groups in total. The molecular formula is C25H26N6O2S. The van der Waals surface area contributed by atoms with Crippen molar-refractivity contribution in [2.75, 3.05) is 12.4 Å². The van der Waals surface area contributed by atoms with E-state index in [9.17, 15) is 4.79 Å². The van der Waals surface area contributed by atoms with Crippen molar-refractivity contribution in [1.29, 1.82) is 0 Å². The highest BCUT2D eigenvalue weighted by Crippen LogP contribution is 2.24. The van der Waals surface area contributed by atoms with Gasteiger partial charge in [-0.1, -0.05) is 54.2 Å². The molecule has 0 bridgehead atoms. The lowest BCUT2D eigenvalue weighted by molar-refractivity contribution is 0.0949. The van der Waals surface area contributed by atoms with E-state index in [1.54, 1.807) is 28.7 Å². The Bertz CT molecular complexity index is 1220. The maximum atomic E-state index is 13.1. The SMILES string of the molecule is O=C(NCc1nnc(SC[C@@H]2CCCO2)n1Cc1ccccc1)c1ccccc1-n1cccn1. The van der Waals surface area contributed by atoms with Crippen molar-refractivity contribution in [2.24, 2.45) is 0 Å². The lowest BCUT2D eigenvalue weighted by Gasteiger charge is -2.13. The molecule has 1 fully saturated rings. The minimum Gasteiger partial charge on any atom is -0.377 e. The first-order valence-electron chi connectivity index (χ1n) is 11.4. The van der Waals surface area contributed by atoms with Crippen molar-refractivity contribution in [1.82, 2.24) is 29.9 Å². The Morgan fingerprint density at radius 2 is 1.94 bits per heavy atom. The second-order valence-electron chi connectivity index (χ2n) is 8.07. The molecule has 1 aliphatic heterocycles. The number of hydrogen-bond acceptors (Lipinski definition) is 6. The highest BCUT2D eigenvalue weighted by atomic mass is 32.2. The predicted molar refractivity (Wildman–Crippen MR) is 130 cm³/mol. The third kappa shape index (κ3) is 5.21. The fourth-order valence-electron chi connectivity index (χ4n) is 3.96. The molecule has 34 heavy (non-hydrogen) atoms. The van der Waals surface area contributed by atoms with E-state index in [0.717, 1.165) is 41.6 Å². The number of carbonyl (C=O) groups excluding carboxylic acids is 1. The molecule has 0 spiro atoms. The minimum absolute atomic E-state index is 0.186. The van der Waals surface area contributed by atoms with Crippen molar-refractivity contribution in [3.63, 3.8) is 0 Å². The fraction of sp³-hybridized carbons (Fsp3) is 0.280. The quantitative estimate of drug-likeness (QED) is 0.372. The molecule has 0 aliphatic carbocycles. The van der Waals surface area contributed by atoms with Crippen LogP contribution in [0.1, 0.15) is 34.6 Å². The van der Waals surface area contributed by atoms with Gasteiger partial charge in [-0.25, -0.2) is 4.68 Å². The second kappa shape index (κ2) is 10.7. The zero-order valence-corrected chi connectivity index (χ0v) is 19.5. The van der Waals surface area contributed by atoms with Gasteiger partial charge < -0.3 is 14.6 Å². The third-order valence-corrected chi connectivity index (χ3v) is 6.80. The average molecular weight is 475 g/mol. The summed E-state index contributed by atoms with van der Waals surface area (Å²) >= 11 is 1.66. The number of aromatic nitrogens is 5. The molecule has 4 aromatic rings. The van der Waals surface area contributed by atoms with Crippen LogP contribution in [0.2, 0.25) is 0 Å². The first kappa shape index (κ1) is 22.4. The van der Waals surface area contributed by atoms with E-state index >= 15 is 0 Å². The maximum absolute atomic E-state index is 13.1. The normalized spacial score (nSPS) is 15.5. The highest BCUT2D eigenvalue weighted by Gasteiger charge is 2.20. The molecule has 1 atom stereocenters. The molecule has 0 unspecified atom stereocenters. The summed E-state index contributed by atoms with van der Waals surface area (Å²) in [6, 6.07) is 19.4. The number of thioether (sulfide) groups is 1. The Kier molecular flexibility index (Phi) is 7.02. The minimum atomic E-state index is -0.186. The van der Waals surface area contributed by atoms with Crippen LogP contribution in [0.5, 0.6) is 0 Å². The van der Waals surface area contributed by atoms with E-state index in [1.807, 2.05) is 48.7 Å². The van der Waals surface area contributed by atoms with Gasteiger partial charge in [0.2, 0.25) is 0 Å². The molecule has 174 valence electrons. The first-order chi connectivity index (χ1) is 16.8. The van der Waals surface area contributed by atoms with Crippen molar-refractivity contribution in [3.8, 4) is 5.69 Å². The molecule has 1 saturated heterocycles. The van der Waals surface area contributed by atoms with E-state index in [2.05, 4.69) is 37.3 Å². The number of ether oxygens (including phenoxy) is 1. The molecular weight excluding hydrogens is 448 g/mol. The molecule has 1 amide bonds. The monoisotopic (exact) mass is 474 g/mol. The van der Waals surface area contributed by atoms with Crippen LogP contribution in [0, 0.1) is 0 Å². The summed E-state index contributed by atoms with van der Waals surface area (Å²) < 4.78 is 9.53. The summed E-state index contributed by atoms with van der Waals surface area (Å²) in [6.45, 7) is 1.74. The summed E-state index contributed by atoms with van der Waals surface area (Å²) in [6.07, 6.45) is 5.96.